The normalized spacial score (nSPS) is 10.8. The second kappa shape index (κ2) is 12.0. The third-order valence-corrected chi connectivity index (χ3v) is 5.30. The van der Waals surface area contributed by atoms with Crippen LogP contribution in [0.4, 0.5) is 5.69 Å². The first-order valence-corrected chi connectivity index (χ1v) is 11.0. The second-order valence-electron chi connectivity index (χ2n) is 7.22. The summed E-state index contributed by atoms with van der Waals surface area (Å²) in [5, 5.41) is 7.86. The van der Waals surface area contributed by atoms with Gasteiger partial charge in [-0.25, -0.2) is 5.43 Å². The Kier molecular flexibility index (Phi) is 8.87. The molecule has 3 aromatic carbocycles. The fourth-order valence-electron chi connectivity index (χ4n) is 2.90. The van der Waals surface area contributed by atoms with Crippen LogP contribution in [0.2, 0.25) is 10.0 Å². The van der Waals surface area contributed by atoms with Gasteiger partial charge in [-0.2, -0.15) is 5.10 Å². The van der Waals surface area contributed by atoms with Crippen LogP contribution in [0.3, 0.4) is 0 Å². The molecular weight excluding hydrogens is 461 g/mol. The van der Waals surface area contributed by atoms with Crippen LogP contribution in [-0.4, -0.2) is 18.0 Å². The monoisotopic (exact) mass is 483 g/mol. The van der Waals surface area contributed by atoms with Gasteiger partial charge in [-0.05, 0) is 42.8 Å². The Morgan fingerprint density at radius 2 is 1.70 bits per heavy atom. The molecule has 0 saturated heterocycles. The molecule has 33 heavy (non-hydrogen) atoms. The molecule has 0 heterocycles. The van der Waals surface area contributed by atoms with Crippen LogP contribution in [0.25, 0.3) is 0 Å². The molecule has 0 aromatic heterocycles. The van der Waals surface area contributed by atoms with Crippen LogP contribution < -0.4 is 15.5 Å². The van der Waals surface area contributed by atoms with Gasteiger partial charge in [0.25, 0.3) is 0 Å². The van der Waals surface area contributed by atoms with Gasteiger partial charge in [0, 0.05) is 39.7 Å². The van der Waals surface area contributed by atoms with Crippen LogP contribution >= 0.6 is 23.2 Å². The predicted octanol–water partition coefficient (Wildman–Crippen LogP) is 5.75. The minimum Gasteiger partial charge on any atom is -0.488 e. The van der Waals surface area contributed by atoms with Crippen molar-refractivity contribution in [1.82, 2.24) is 5.43 Å². The second-order valence-corrected chi connectivity index (χ2v) is 8.06. The topological polar surface area (TPSA) is 79.8 Å². The van der Waals surface area contributed by atoms with E-state index in [1.165, 1.54) is 6.21 Å². The van der Waals surface area contributed by atoms with Gasteiger partial charge in [0.15, 0.2) is 0 Å². The summed E-state index contributed by atoms with van der Waals surface area (Å²) in [6.45, 7) is 2.16. The van der Waals surface area contributed by atoms with E-state index in [0.29, 0.717) is 21.4 Å². The predicted molar refractivity (Wildman–Crippen MR) is 132 cm³/mol. The molecule has 8 heteroatoms. The molecule has 0 fully saturated rings. The van der Waals surface area contributed by atoms with E-state index < -0.39 is 0 Å². The highest BCUT2D eigenvalue weighted by Gasteiger charge is 2.08. The number of amides is 2. The number of anilines is 1. The van der Waals surface area contributed by atoms with E-state index in [9.17, 15) is 9.59 Å². The molecule has 0 bridgehead atoms. The summed E-state index contributed by atoms with van der Waals surface area (Å²) in [4.78, 5) is 24.1. The number of hydrogen-bond donors (Lipinski definition) is 2. The molecule has 3 rings (SSSR count). The highest BCUT2D eigenvalue weighted by atomic mass is 35.5. The van der Waals surface area contributed by atoms with Crippen molar-refractivity contribution in [3.05, 3.63) is 93.5 Å². The summed E-state index contributed by atoms with van der Waals surface area (Å²) in [6, 6.07) is 19.9. The Balaban J connectivity index is 1.49. The number of para-hydroxylation sites is 2. The lowest BCUT2D eigenvalue weighted by molar-refractivity contribution is -0.124. The molecular formula is C25H23Cl2N3O3. The molecule has 0 aliphatic carbocycles. The zero-order chi connectivity index (χ0) is 23.6. The number of carbonyl (C=O) groups excluding carboxylic acids is 2. The maximum absolute atomic E-state index is 12.1. The summed E-state index contributed by atoms with van der Waals surface area (Å²) < 4.78 is 5.86. The minimum atomic E-state index is -0.363. The first-order chi connectivity index (χ1) is 15.9. The summed E-state index contributed by atoms with van der Waals surface area (Å²) in [5.41, 5.74) is 5.61. The number of nitrogens with zero attached hydrogens (tertiary/aromatic N) is 1. The maximum Gasteiger partial charge on any atom is 0.240 e. The quantitative estimate of drug-likeness (QED) is 0.300. The van der Waals surface area contributed by atoms with Crippen molar-refractivity contribution in [2.45, 2.75) is 26.4 Å². The number of aryl methyl sites for hydroxylation is 1. The van der Waals surface area contributed by atoms with Gasteiger partial charge in [-0.3, -0.25) is 9.59 Å². The molecule has 0 atom stereocenters. The van der Waals surface area contributed by atoms with E-state index in [-0.39, 0.29) is 31.3 Å². The van der Waals surface area contributed by atoms with Crippen LogP contribution in [0.5, 0.6) is 5.75 Å². The number of rotatable bonds is 9. The highest BCUT2D eigenvalue weighted by Crippen LogP contribution is 2.24. The van der Waals surface area contributed by atoms with E-state index in [0.717, 1.165) is 16.8 Å². The number of halogens is 2. The van der Waals surface area contributed by atoms with Crippen molar-refractivity contribution in [1.29, 1.82) is 0 Å². The van der Waals surface area contributed by atoms with Crippen molar-refractivity contribution in [3.63, 3.8) is 0 Å². The number of carbonyl (C=O) groups is 2. The maximum atomic E-state index is 12.1. The molecule has 2 amide bonds. The van der Waals surface area contributed by atoms with Gasteiger partial charge < -0.3 is 10.1 Å². The number of hydrogen-bond acceptors (Lipinski definition) is 4. The van der Waals surface area contributed by atoms with Gasteiger partial charge in [-0.1, -0.05) is 59.6 Å². The largest absolute Gasteiger partial charge is 0.488 e. The lowest BCUT2D eigenvalue weighted by Gasteiger charge is -2.10. The lowest BCUT2D eigenvalue weighted by atomic mass is 10.2. The average molecular weight is 484 g/mol. The van der Waals surface area contributed by atoms with E-state index in [4.69, 9.17) is 27.9 Å². The Hall–Kier alpha value is -3.35. The van der Waals surface area contributed by atoms with Crippen molar-refractivity contribution in [2.24, 2.45) is 5.10 Å². The molecule has 0 unspecified atom stereocenters. The first kappa shape index (κ1) is 24.3. The van der Waals surface area contributed by atoms with Crippen LogP contribution in [0.15, 0.2) is 71.8 Å². The van der Waals surface area contributed by atoms with Gasteiger partial charge in [0.2, 0.25) is 11.8 Å². The number of hydrazone groups is 1. The van der Waals surface area contributed by atoms with Crippen LogP contribution in [0, 0.1) is 6.92 Å². The van der Waals surface area contributed by atoms with E-state index in [1.807, 2.05) is 49.4 Å². The summed E-state index contributed by atoms with van der Waals surface area (Å²) in [5.74, 6) is -0.0142. The standard InChI is InChI=1S/C25H23Cl2N3O3/c1-17-6-2-4-8-22(17)29-24(31)12-13-25(32)30-28-15-18-7-3-5-9-23(18)33-16-19-10-11-20(26)14-21(19)27/h2-11,14-15H,12-13,16H2,1H3,(H,29,31)(H,30,32). The number of benzene rings is 3. The Labute approximate surface area is 202 Å². The summed E-state index contributed by atoms with van der Waals surface area (Å²) >= 11 is 12.1. The minimum absolute atomic E-state index is 0.0161. The summed E-state index contributed by atoms with van der Waals surface area (Å²) in [7, 11) is 0. The highest BCUT2D eigenvalue weighted by molar-refractivity contribution is 6.35. The molecule has 0 saturated carbocycles. The molecule has 0 radical (unpaired) electrons. The fourth-order valence-corrected chi connectivity index (χ4v) is 3.36. The lowest BCUT2D eigenvalue weighted by Crippen LogP contribution is -2.20. The fraction of sp³-hybridized carbons (Fsp3) is 0.160. The third-order valence-electron chi connectivity index (χ3n) is 4.71. The molecule has 0 spiro atoms. The number of nitrogens with one attached hydrogen (secondary N) is 2. The Morgan fingerprint density at radius 3 is 2.48 bits per heavy atom. The third kappa shape index (κ3) is 7.63. The molecule has 170 valence electrons. The Bertz CT molecular complexity index is 1170. The zero-order valence-corrected chi connectivity index (χ0v) is 19.5. The molecule has 0 aliphatic rings. The Morgan fingerprint density at radius 1 is 0.970 bits per heavy atom. The molecule has 2 N–H and O–H groups in total. The number of ether oxygens (including phenoxy) is 1. The first-order valence-electron chi connectivity index (χ1n) is 10.3. The zero-order valence-electron chi connectivity index (χ0n) is 18.0. The van der Waals surface area contributed by atoms with Crippen molar-refractivity contribution in [3.8, 4) is 5.75 Å². The van der Waals surface area contributed by atoms with Crippen molar-refractivity contribution < 1.29 is 14.3 Å². The van der Waals surface area contributed by atoms with Gasteiger partial charge in [-0.15, -0.1) is 0 Å². The smallest absolute Gasteiger partial charge is 0.240 e. The van der Waals surface area contributed by atoms with Gasteiger partial charge in [0.1, 0.15) is 12.4 Å². The van der Waals surface area contributed by atoms with E-state index >= 15 is 0 Å². The molecule has 3 aromatic rings. The van der Waals surface area contributed by atoms with Crippen LogP contribution in [0.1, 0.15) is 29.5 Å². The summed E-state index contributed by atoms with van der Waals surface area (Å²) in [6.07, 6.45) is 1.56. The van der Waals surface area contributed by atoms with Gasteiger partial charge in [0.05, 0.1) is 6.21 Å². The van der Waals surface area contributed by atoms with E-state index in [2.05, 4.69) is 15.8 Å². The molecule has 0 aliphatic heterocycles. The van der Waals surface area contributed by atoms with E-state index in [1.54, 1.807) is 24.3 Å². The average Bonchev–Trinajstić information content (AvgIpc) is 2.79. The van der Waals surface area contributed by atoms with Gasteiger partial charge >= 0.3 is 0 Å². The molecule has 6 nitrogen and oxygen atoms in total. The van der Waals surface area contributed by atoms with Crippen molar-refractivity contribution >= 4 is 46.9 Å². The SMILES string of the molecule is Cc1ccccc1NC(=O)CCC(=O)NN=Cc1ccccc1OCc1ccc(Cl)cc1Cl. The van der Waals surface area contributed by atoms with Crippen LogP contribution in [-0.2, 0) is 16.2 Å². The van der Waals surface area contributed by atoms with Crippen molar-refractivity contribution in [2.75, 3.05) is 5.32 Å².